The molecule has 5 nitrogen and oxygen atoms in total. The van der Waals surface area contributed by atoms with Crippen LogP contribution in [0, 0.1) is 11.7 Å². The van der Waals surface area contributed by atoms with Gasteiger partial charge < -0.3 is 5.32 Å². The Hall–Kier alpha value is -1.73. The van der Waals surface area contributed by atoms with Gasteiger partial charge in [0.1, 0.15) is 5.82 Å². The Labute approximate surface area is 123 Å². The van der Waals surface area contributed by atoms with Gasteiger partial charge in [-0.15, -0.1) is 0 Å². The predicted octanol–water partition coefficient (Wildman–Crippen LogP) is 1.56. The van der Waals surface area contributed by atoms with E-state index in [1.165, 1.54) is 0 Å². The fourth-order valence-electron chi connectivity index (χ4n) is 2.23. The first-order valence-electron chi connectivity index (χ1n) is 6.63. The first kappa shape index (κ1) is 15.7. The number of amides is 1. The van der Waals surface area contributed by atoms with Crippen LogP contribution >= 0.6 is 0 Å². The van der Waals surface area contributed by atoms with Gasteiger partial charge in [-0.25, -0.2) is 17.9 Å². The second-order valence-corrected chi connectivity index (χ2v) is 6.61. The lowest BCUT2D eigenvalue weighted by molar-refractivity contribution is 0.0942. The van der Waals surface area contributed by atoms with Crippen molar-refractivity contribution in [2.45, 2.75) is 24.2 Å². The van der Waals surface area contributed by atoms with E-state index in [1.54, 1.807) is 0 Å². The van der Waals surface area contributed by atoms with Gasteiger partial charge in [-0.3, -0.25) is 4.79 Å². The Balaban J connectivity index is 2.04. The van der Waals surface area contributed by atoms with Crippen molar-refractivity contribution >= 4 is 15.9 Å². The minimum atomic E-state index is -3.98. The van der Waals surface area contributed by atoms with E-state index in [-0.39, 0.29) is 10.5 Å². The van der Waals surface area contributed by atoms with Gasteiger partial charge in [-0.2, -0.15) is 0 Å². The number of halogens is 1. The van der Waals surface area contributed by atoms with Crippen molar-refractivity contribution in [3.8, 4) is 0 Å². The van der Waals surface area contributed by atoms with Gasteiger partial charge in [0.15, 0.2) is 0 Å². The van der Waals surface area contributed by atoms with E-state index in [9.17, 15) is 17.6 Å². The Morgan fingerprint density at radius 1 is 1.38 bits per heavy atom. The molecule has 0 radical (unpaired) electrons. The number of carbonyl (C=O) groups excluding carboxylic acids is 1. The molecule has 7 heteroatoms. The van der Waals surface area contributed by atoms with Gasteiger partial charge in [0.2, 0.25) is 10.0 Å². The Bertz CT molecular complexity index is 671. The van der Waals surface area contributed by atoms with Crippen LogP contribution in [0.15, 0.2) is 35.2 Å². The third-order valence-corrected chi connectivity index (χ3v) is 4.35. The highest BCUT2D eigenvalue weighted by molar-refractivity contribution is 7.89. The summed E-state index contributed by atoms with van der Waals surface area (Å²) in [6, 6.07) is 3.01. The molecule has 1 atom stereocenters. The molecule has 0 fully saturated rings. The van der Waals surface area contributed by atoms with E-state index in [4.69, 9.17) is 5.14 Å². The lowest BCUT2D eigenvalue weighted by atomic mass is 9.94. The summed E-state index contributed by atoms with van der Waals surface area (Å²) >= 11 is 0. The van der Waals surface area contributed by atoms with E-state index < -0.39 is 21.7 Å². The number of hydrogen-bond donors (Lipinski definition) is 2. The monoisotopic (exact) mass is 312 g/mol. The second-order valence-electron chi connectivity index (χ2n) is 5.05. The van der Waals surface area contributed by atoms with Gasteiger partial charge in [-0.05, 0) is 43.4 Å². The topological polar surface area (TPSA) is 89.3 Å². The van der Waals surface area contributed by atoms with Crippen molar-refractivity contribution in [1.29, 1.82) is 0 Å². The molecule has 114 valence electrons. The van der Waals surface area contributed by atoms with Gasteiger partial charge >= 0.3 is 0 Å². The van der Waals surface area contributed by atoms with Gasteiger partial charge in [-0.1, -0.05) is 12.2 Å². The van der Waals surface area contributed by atoms with Gasteiger partial charge in [0.25, 0.3) is 5.91 Å². The van der Waals surface area contributed by atoms with Crippen LogP contribution in [0.1, 0.15) is 29.6 Å². The van der Waals surface area contributed by atoms with E-state index >= 15 is 0 Å². The number of nitrogens with two attached hydrogens (primary N) is 1. The van der Waals surface area contributed by atoms with Gasteiger partial charge in [0, 0.05) is 6.54 Å². The lowest BCUT2D eigenvalue weighted by Gasteiger charge is -2.18. The molecule has 0 spiro atoms. The molecule has 3 N–H and O–H groups in total. The highest BCUT2D eigenvalue weighted by Gasteiger charge is 2.17. The number of carbonyl (C=O) groups is 1. The van der Waals surface area contributed by atoms with Crippen molar-refractivity contribution in [3.05, 3.63) is 41.7 Å². The minimum absolute atomic E-state index is 0.186. The summed E-state index contributed by atoms with van der Waals surface area (Å²) in [5.41, 5.74) is -0.186. The number of allylic oxidation sites excluding steroid dienone is 2. The number of rotatable bonds is 4. The Morgan fingerprint density at radius 2 is 2.14 bits per heavy atom. The number of primary sulfonamides is 1. The van der Waals surface area contributed by atoms with Crippen molar-refractivity contribution in [2.24, 2.45) is 11.1 Å². The lowest BCUT2D eigenvalue weighted by Crippen LogP contribution is -2.30. The van der Waals surface area contributed by atoms with Crippen LogP contribution in [-0.4, -0.2) is 20.9 Å². The summed E-state index contributed by atoms with van der Waals surface area (Å²) in [4.78, 5) is 11.6. The molecule has 21 heavy (non-hydrogen) atoms. The first-order chi connectivity index (χ1) is 9.88. The highest BCUT2D eigenvalue weighted by Crippen LogP contribution is 2.18. The maximum Gasteiger partial charge on any atom is 0.254 e. The summed E-state index contributed by atoms with van der Waals surface area (Å²) in [6.45, 7) is 0.472. The molecule has 1 amide bonds. The normalized spacial score (nSPS) is 18.5. The van der Waals surface area contributed by atoms with Crippen molar-refractivity contribution in [2.75, 3.05) is 6.54 Å². The SMILES string of the molecule is NS(=O)(=O)c1ccc(C(=O)NCC2CC=CCC2)c(F)c1. The van der Waals surface area contributed by atoms with Crippen LogP contribution in [-0.2, 0) is 10.0 Å². The summed E-state index contributed by atoms with van der Waals surface area (Å²) < 4.78 is 36.0. The number of sulfonamides is 1. The second kappa shape index (κ2) is 6.36. The molecular formula is C14H17FN2O3S. The molecule has 0 aliphatic heterocycles. The van der Waals surface area contributed by atoms with Crippen molar-refractivity contribution < 1.29 is 17.6 Å². The molecule has 1 aliphatic rings. The van der Waals surface area contributed by atoms with E-state index in [2.05, 4.69) is 17.5 Å². The maximum atomic E-state index is 13.8. The average molecular weight is 312 g/mol. The molecule has 1 aromatic carbocycles. The Morgan fingerprint density at radius 3 is 2.71 bits per heavy atom. The summed E-state index contributed by atoms with van der Waals surface area (Å²) in [6.07, 6.45) is 7.04. The highest BCUT2D eigenvalue weighted by atomic mass is 32.2. The zero-order valence-electron chi connectivity index (χ0n) is 11.4. The van der Waals surface area contributed by atoms with Crippen LogP contribution in [0.2, 0.25) is 0 Å². The zero-order valence-corrected chi connectivity index (χ0v) is 12.2. The standard InChI is InChI=1S/C14H17FN2O3S/c15-13-8-11(21(16,19)20)6-7-12(13)14(18)17-9-10-4-2-1-3-5-10/h1-2,6-8,10H,3-5,9H2,(H,17,18)(H2,16,19,20). The molecule has 0 saturated heterocycles. The summed E-state index contributed by atoms with van der Waals surface area (Å²) in [5.74, 6) is -1.10. The first-order valence-corrected chi connectivity index (χ1v) is 8.18. The third kappa shape index (κ3) is 4.12. The molecule has 0 aromatic heterocycles. The van der Waals surface area contributed by atoms with Crippen LogP contribution in [0.5, 0.6) is 0 Å². The maximum absolute atomic E-state index is 13.8. The molecule has 0 saturated carbocycles. The van der Waals surface area contributed by atoms with Crippen molar-refractivity contribution in [3.63, 3.8) is 0 Å². The predicted molar refractivity (Wildman–Crippen MR) is 76.6 cm³/mol. The number of hydrogen-bond acceptors (Lipinski definition) is 3. The quantitative estimate of drug-likeness (QED) is 0.827. The molecule has 1 unspecified atom stereocenters. The molecule has 1 aliphatic carbocycles. The van der Waals surface area contributed by atoms with Crippen molar-refractivity contribution in [1.82, 2.24) is 5.32 Å². The zero-order chi connectivity index (χ0) is 15.5. The summed E-state index contributed by atoms with van der Waals surface area (Å²) in [7, 11) is -3.98. The molecule has 1 aromatic rings. The number of nitrogens with one attached hydrogen (secondary N) is 1. The van der Waals surface area contributed by atoms with Crippen LogP contribution in [0.25, 0.3) is 0 Å². The average Bonchev–Trinajstić information content (AvgIpc) is 2.45. The molecule has 0 heterocycles. The number of benzene rings is 1. The fraction of sp³-hybridized carbons (Fsp3) is 0.357. The molecule has 0 bridgehead atoms. The largest absolute Gasteiger partial charge is 0.352 e. The van der Waals surface area contributed by atoms with E-state index in [1.807, 2.05) is 0 Å². The minimum Gasteiger partial charge on any atom is -0.352 e. The van der Waals surface area contributed by atoms with E-state index in [0.29, 0.717) is 12.5 Å². The van der Waals surface area contributed by atoms with Gasteiger partial charge in [0.05, 0.1) is 10.5 Å². The Kier molecular flexibility index (Phi) is 4.74. The van der Waals surface area contributed by atoms with Crippen LogP contribution < -0.4 is 10.5 Å². The fourth-order valence-corrected chi connectivity index (χ4v) is 2.76. The molecular weight excluding hydrogens is 295 g/mol. The van der Waals surface area contributed by atoms with Crippen LogP contribution in [0.3, 0.4) is 0 Å². The third-order valence-electron chi connectivity index (χ3n) is 3.44. The van der Waals surface area contributed by atoms with Crippen LogP contribution in [0.4, 0.5) is 4.39 Å². The van der Waals surface area contributed by atoms with E-state index in [0.717, 1.165) is 37.5 Å². The molecule has 2 rings (SSSR count). The summed E-state index contributed by atoms with van der Waals surface area (Å²) in [5, 5.41) is 7.58. The smallest absolute Gasteiger partial charge is 0.254 e.